The number of hydrogen-bond acceptors (Lipinski definition) is 2. The molecule has 0 radical (unpaired) electrons. The molecule has 1 aromatic carbocycles. The highest BCUT2D eigenvalue weighted by molar-refractivity contribution is 7.99. The molecule has 0 heterocycles. The molecule has 0 saturated carbocycles. The zero-order chi connectivity index (χ0) is 11.3. The van der Waals surface area contributed by atoms with E-state index in [0.717, 1.165) is 12.2 Å². The van der Waals surface area contributed by atoms with Gasteiger partial charge in [0.2, 0.25) is 0 Å². The molecule has 2 N–H and O–H groups in total. The molecule has 0 aliphatic heterocycles. The Morgan fingerprint density at radius 3 is 2.53 bits per heavy atom. The largest absolute Gasteiger partial charge is 0.327 e. The van der Waals surface area contributed by atoms with Crippen molar-refractivity contribution in [2.45, 2.75) is 38.5 Å². The molecule has 1 atom stereocenters. The van der Waals surface area contributed by atoms with Gasteiger partial charge in [-0.15, -0.1) is 0 Å². The van der Waals surface area contributed by atoms with Crippen molar-refractivity contribution in [2.75, 3.05) is 5.75 Å². The second-order valence-corrected chi connectivity index (χ2v) is 5.88. The van der Waals surface area contributed by atoms with E-state index in [1.807, 2.05) is 11.8 Å². The lowest BCUT2D eigenvalue weighted by Gasteiger charge is -2.14. The topological polar surface area (TPSA) is 26.0 Å². The summed E-state index contributed by atoms with van der Waals surface area (Å²) in [5.74, 6) is 1.05. The Bertz CT molecular complexity index is 296. The highest BCUT2D eigenvalue weighted by Gasteiger charge is 2.06. The van der Waals surface area contributed by atoms with E-state index in [2.05, 4.69) is 45.0 Å². The van der Waals surface area contributed by atoms with Crippen LogP contribution in [0.2, 0.25) is 0 Å². The minimum Gasteiger partial charge on any atom is -0.327 e. The molecule has 0 aromatic heterocycles. The van der Waals surface area contributed by atoms with Crippen molar-refractivity contribution in [2.24, 2.45) is 5.73 Å². The number of nitrogens with two attached hydrogens (primary N) is 1. The fraction of sp³-hybridized carbons (Fsp3) is 0.538. The predicted molar refractivity (Wildman–Crippen MR) is 70.5 cm³/mol. The molecule has 1 unspecified atom stereocenters. The summed E-state index contributed by atoms with van der Waals surface area (Å²) in [5, 5.41) is 0.674. The van der Waals surface area contributed by atoms with Gasteiger partial charge in [-0.05, 0) is 29.7 Å². The molecule has 0 fully saturated rings. The highest BCUT2D eigenvalue weighted by Crippen LogP contribution is 2.14. The highest BCUT2D eigenvalue weighted by atomic mass is 32.2. The molecule has 1 aromatic rings. The van der Waals surface area contributed by atoms with Crippen LogP contribution in [0.3, 0.4) is 0 Å². The van der Waals surface area contributed by atoms with E-state index in [1.54, 1.807) is 0 Å². The lowest BCUT2D eigenvalue weighted by Crippen LogP contribution is -2.26. The van der Waals surface area contributed by atoms with Crippen molar-refractivity contribution in [1.29, 1.82) is 0 Å². The van der Waals surface area contributed by atoms with Crippen LogP contribution >= 0.6 is 11.8 Å². The van der Waals surface area contributed by atoms with E-state index >= 15 is 0 Å². The summed E-state index contributed by atoms with van der Waals surface area (Å²) >= 11 is 1.94. The zero-order valence-electron chi connectivity index (χ0n) is 9.86. The molecule has 2 heteroatoms. The first kappa shape index (κ1) is 12.6. The SMILES string of the molecule is Cc1ccccc1CC(N)CSC(C)C. The monoisotopic (exact) mass is 223 g/mol. The van der Waals surface area contributed by atoms with Crippen molar-refractivity contribution < 1.29 is 0 Å². The number of thioether (sulfide) groups is 1. The molecule has 0 bridgehead atoms. The smallest absolute Gasteiger partial charge is 0.0171 e. The minimum atomic E-state index is 0.276. The van der Waals surface area contributed by atoms with E-state index < -0.39 is 0 Å². The van der Waals surface area contributed by atoms with Crippen LogP contribution < -0.4 is 5.73 Å². The van der Waals surface area contributed by atoms with Crippen LogP contribution in [-0.4, -0.2) is 17.0 Å². The summed E-state index contributed by atoms with van der Waals surface area (Å²) in [5.41, 5.74) is 8.84. The van der Waals surface area contributed by atoms with Crippen LogP contribution in [0.1, 0.15) is 25.0 Å². The molecule has 0 spiro atoms. The third-order valence-electron chi connectivity index (χ3n) is 2.39. The van der Waals surface area contributed by atoms with Crippen LogP contribution in [0.25, 0.3) is 0 Å². The Kier molecular flexibility index (Phi) is 5.20. The van der Waals surface area contributed by atoms with E-state index in [4.69, 9.17) is 5.73 Å². The Morgan fingerprint density at radius 1 is 1.27 bits per heavy atom. The van der Waals surface area contributed by atoms with Gasteiger partial charge in [-0.2, -0.15) is 11.8 Å². The molecule has 0 aliphatic rings. The fourth-order valence-electron chi connectivity index (χ4n) is 1.50. The lowest BCUT2D eigenvalue weighted by molar-refractivity contribution is 0.744. The fourth-order valence-corrected chi connectivity index (χ4v) is 2.25. The third-order valence-corrected chi connectivity index (χ3v) is 3.67. The Hall–Kier alpha value is -0.470. The van der Waals surface area contributed by atoms with Gasteiger partial charge in [-0.3, -0.25) is 0 Å². The predicted octanol–water partition coefficient (Wildman–Crippen LogP) is 3.01. The zero-order valence-corrected chi connectivity index (χ0v) is 10.7. The molecule has 0 amide bonds. The van der Waals surface area contributed by atoms with E-state index in [0.29, 0.717) is 5.25 Å². The summed E-state index contributed by atoms with van der Waals surface area (Å²) in [7, 11) is 0. The molecule has 84 valence electrons. The molecular weight excluding hydrogens is 202 g/mol. The molecule has 15 heavy (non-hydrogen) atoms. The minimum absolute atomic E-state index is 0.276. The summed E-state index contributed by atoms with van der Waals surface area (Å²) in [6.45, 7) is 6.58. The van der Waals surface area contributed by atoms with Gasteiger partial charge in [0.25, 0.3) is 0 Å². The molecule has 0 saturated heterocycles. The van der Waals surface area contributed by atoms with Crippen LogP contribution in [0.5, 0.6) is 0 Å². The number of hydrogen-bond donors (Lipinski definition) is 1. The van der Waals surface area contributed by atoms with Crippen molar-refractivity contribution >= 4 is 11.8 Å². The summed E-state index contributed by atoms with van der Waals surface area (Å²) < 4.78 is 0. The summed E-state index contributed by atoms with van der Waals surface area (Å²) in [4.78, 5) is 0. The Morgan fingerprint density at radius 2 is 1.93 bits per heavy atom. The van der Waals surface area contributed by atoms with Crippen LogP contribution in [0.15, 0.2) is 24.3 Å². The molecule has 1 nitrogen and oxygen atoms in total. The number of rotatable bonds is 5. The average Bonchev–Trinajstić information content (AvgIpc) is 2.18. The van der Waals surface area contributed by atoms with Crippen LogP contribution in [0, 0.1) is 6.92 Å². The standard InChI is InChI=1S/C13H21NS/c1-10(2)15-9-13(14)8-12-7-5-4-6-11(12)3/h4-7,10,13H,8-9,14H2,1-3H3. The number of benzene rings is 1. The first-order valence-electron chi connectivity index (χ1n) is 5.51. The van der Waals surface area contributed by atoms with Gasteiger partial charge in [-0.1, -0.05) is 38.1 Å². The quantitative estimate of drug-likeness (QED) is 0.830. The Labute approximate surface area is 97.4 Å². The van der Waals surface area contributed by atoms with Gasteiger partial charge >= 0.3 is 0 Å². The maximum absolute atomic E-state index is 6.10. The van der Waals surface area contributed by atoms with Gasteiger partial charge in [0.1, 0.15) is 0 Å². The van der Waals surface area contributed by atoms with Crippen molar-refractivity contribution in [3.63, 3.8) is 0 Å². The Balaban J connectivity index is 2.44. The van der Waals surface area contributed by atoms with Gasteiger partial charge in [-0.25, -0.2) is 0 Å². The second-order valence-electron chi connectivity index (χ2n) is 4.27. The molecular formula is C13H21NS. The first-order chi connectivity index (χ1) is 7.09. The van der Waals surface area contributed by atoms with Crippen molar-refractivity contribution in [3.8, 4) is 0 Å². The molecule has 1 rings (SSSR count). The van der Waals surface area contributed by atoms with Crippen molar-refractivity contribution in [1.82, 2.24) is 0 Å². The van der Waals surface area contributed by atoms with Crippen LogP contribution in [-0.2, 0) is 6.42 Å². The van der Waals surface area contributed by atoms with Crippen LogP contribution in [0.4, 0.5) is 0 Å². The molecule has 0 aliphatic carbocycles. The van der Waals surface area contributed by atoms with Crippen molar-refractivity contribution in [3.05, 3.63) is 35.4 Å². The second kappa shape index (κ2) is 6.19. The average molecular weight is 223 g/mol. The van der Waals surface area contributed by atoms with E-state index in [1.165, 1.54) is 11.1 Å². The lowest BCUT2D eigenvalue weighted by atomic mass is 10.0. The summed E-state index contributed by atoms with van der Waals surface area (Å²) in [6, 6.07) is 8.77. The maximum Gasteiger partial charge on any atom is 0.0171 e. The van der Waals surface area contributed by atoms with Gasteiger partial charge in [0.15, 0.2) is 0 Å². The van der Waals surface area contributed by atoms with E-state index in [9.17, 15) is 0 Å². The normalized spacial score (nSPS) is 13.1. The maximum atomic E-state index is 6.10. The van der Waals surface area contributed by atoms with Gasteiger partial charge < -0.3 is 5.73 Å². The number of aryl methyl sites for hydroxylation is 1. The summed E-state index contributed by atoms with van der Waals surface area (Å²) in [6.07, 6.45) is 0.992. The van der Waals surface area contributed by atoms with Gasteiger partial charge in [0.05, 0.1) is 0 Å². The first-order valence-corrected chi connectivity index (χ1v) is 6.56. The van der Waals surface area contributed by atoms with Gasteiger partial charge in [0, 0.05) is 11.8 Å². The third kappa shape index (κ3) is 4.72. The van der Waals surface area contributed by atoms with E-state index in [-0.39, 0.29) is 6.04 Å².